The fourth-order valence-electron chi connectivity index (χ4n) is 3.98. The van der Waals surface area contributed by atoms with Gasteiger partial charge in [0.25, 0.3) is 5.91 Å². The second-order valence-corrected chi connectivity index (χ2v) is 9.48. The number of alkyl halides is 4. The molecule has 3 rings (SSSR count). The maximum atomic E-state index is 13.2. The Labute approximate surface area is 224 Å². The van der Waals surface area contributed by atoms with Crippen LogP contribution in [0.2, 0.25) is 0 Å². The zero-order chi connectivity index (χ0) is 28.6. The number of carbonyl (C=O) groups excluding carboxylic acids is 1. The molecule has 0 aliphatic carbocycles. The molecule has 2 aromatic carbocycles. The molecule has 0 saturated heterocycles. The zero-order valence-electron chi connectivity index (χ0n) is 21.8. The third-order valence-electron chi connectivity index (χ3n) is 6.10. The molecule has 0 spiro atoms. The van der Waals surface area contributed by atoms with Gasteiger partial charge in [0.15, 0.2) is 5.60 Å². The van der Waals surface area contributed by atoms with E-state index >= 15 is 0 Å². The van der Waals surface area contributed by atoms with Crippen LogP contribution >= 0.6 is 0 Å². The highest BCUT2D eigenvalue weighted by molar-refractivity contribution is 5.85. The molecule has 0 aliphatic rings. The van der Waals surface area contributed by atoms with Gasteiger partial charge in [-0.3, -0.25) is 4.79 Å². The normalized spacial score (nSPS) is 13.2. The van der Waals surface area contributed by atoms with Crippen LogP contribution in [0.1, 0.15) is 48.9 Å². The Morgan fingerprint density at radius 1 is 1.10 bits per heavy atom. The van der Waals surface area contributed by atoms with Crippen LogP contribution < -0.4 is 14.8 Å². The van der Waals surface area contributed by atoms with E-state index in [0.717, 1.165) is 29.5 Å². The van der Waals surface area contributed by atoms with Gasteiger partial charge in [0.1, 0.15) is 19.0 Å². The molecule has 3 aromatic rings. The average molecular weight is 544 g/mol. The molecule has 0 aliphatic heterocycles. The van der Waals surface area contributed by atoms with E-state index in [1.807, 2.05) is 18.2 Å². The Morgan fingerprint density at radius 2 is 1.82 bits per heavy atom. The van der Waals surface area contributed by atoms with Crippen molar-refractivity contribution >= 4 is 5.91 Å². The Morgan fingerprint density at radius 3 is 2.46 bits per heavy atom. The molecule has 0 radical (unpaired) electrons. The first kappa shape index (κ1) is 29.4. The van der Waals surface area contributed by atoms with E-state index in [1.165, 1.54) is 13.8 Å². The number of amides is 1. The van der Waals surface area contributed by atoms with Crippen molar-refractivity contribution in [3.05, 3.63) is 89.1 Å². The molecule has 0 fully saturated rings. The number of carbonyl (C=O) groups is 1. The number of rotatable bonds is 11. The quantitative estimate of drug-likeness (QED) is 0.300. The van der Waals surface area contributed by atoms with Gasteiger partial charge in [-0.25, -0.2) is 9.37 Å². The third kappa shape index (κ3) is 8.18. The number of nitrogens with one attached hydrogen (secondary N) is 1. The smallest absolute Gasteiger partial charge is 0.416 e. The van der Waals surface area contributed by atoms with E-state index in [-0.39, 0.29) is 18.4 Å². The van der Waals surface area contributed by atoms with Crippen LogP contribution in [0.5, 0.6) is 11.6 Å². The van der Waals surface area contributed by atoms with Crippen LogP contribution in [0.15, 0.2) is 66.9 Å². The van der Waals surface area contributed by atoms with Gasteiger partial charge in [-0.05, 0) is 68.7 Å². The van der Waals surface area contributed by atoms with Crippen molar-refractivity contribution in [1.82, 2.24) is 10.3 Å². The van der Waals surface area contributed by atoms with Gasteiger partial charge >= 0.3 is 6.18 Å². The Balaban J connectivity index is 1.80. The van der Waals surface area contributed by atoms with Crippen molar-refractivity contribution < 1.29 is 31.8 Å². The highest BCUT2D eigenvalue weighted by atomic mass is 19.4. The minimum absolute atomic E-state index is 0.0418. The molecule has 206 valence electrons. The fourth-order valence-corrected chi connectivity index (χ4v) is 3.98. The molecule has 10 heteroatoms. The van der Waals surface area contributed by atoms with E-state index in [1.54, 1.807) is 37.3 Å². The van der Waals surface area contributed by atoms with Crippen LogP contribution in [0, 0.1) is 11.3 Å². The molecule has 2 atom stereocenters. The Bertz CT molecular complexity index is 1300. The first-order chi connectivity index (χ1) is 18.4. The number of nitrogens with zero attached hydrogens (tertiary/aromatic N) is 2. The fraction of sp³-hybridized carbons (Fsp3) is 0.345. The highest BCUT2D eigenvalue weighted by Gasteiger charge is 2.35. The summed E-state index contributed by atoms with van der Waals surface area (Å²) < 4.78 is 62.5. The summed E-state index contributed by atoms with van der Waals surface area (Å²) >= 11 is 0. The lowest BCUT2D eigenvalue weighted by Crippen LogP contribution is -2.51. The maximum Gasteiger partial charge on any atom is 0.416 e. The summed E-state index contributed by atoms with van der Waals surface area (Å²) in [7, 11) is 0. The first-order valence-electron chi connectivity index (χ1n) is 12.2. The van der Waals surface area contributed by atoms with Crippen molar-refractivity contribution in [2.75, 3.05) is 13.3 Å². The molecule has 0 bridgehead atoms. The van der Waals surface area contributed by atoms with Gasteiger partial charge in [0, 0.05) is 24.2 Å². The molecular formula is C29H29F4N3O3. The van der Waals surface area contributed by atoms with Crippen LogP contribution in [-0.4, -0.2) is 35.8 Å². The lowest BCUT2D eigenvalue weighted by molar-refractivity contribution is -0.138. The zero-order valence-corrected chi connectivity index (χ0v) is 21.8. The Kier molecular flexibility index (Phi) is 9.51. The largest absolute Gasteiger partial charge is 0.491 e. The van der Waals surface area contributed by atoms with Crippen molar-refractivity contribution in [2.45, 2.75) is 50.9 Å². The van der Waals surface area contributed by atoms with Crippen LogP contribution in [0.3, 0.4) is 0 Å². The highest BCUT2D eigenvalue weighted by Crippen LogP contribution is 2.32. The molecule has 1 aromatic heterocycles. The summed E-state index contributed by atoms with van der Waals surface area (Å²) in [5.41, 5.74) is -0.279. The summed E-state index contributed by atoms with van der Waals surface area (Å²) in [5, 5.41) is 12.3. The summed E-state index contributed by atoms with van der Waals surface area (Å²) in [5.74, 6) is -0.623. The minimum atomic E-state index is -4.58. The molecule has 6 nitrogen and oxygen atoms in total. The molecule has 39 heavy (non-hydrogen) atoms. The van der Waals surface area contributed by atoms with Crippen molar-refractivity contribution in [3.63, 3.8) is 0 Å². The topological polar surface area (TPSA) is 84.2 Å². The summed E-state index contributed by atoms with van der Waals surface area (Å²) in [4.78, 5) is 17.1. The van der Waals surface area contributed by atoms with Gasteiger partial charge in [0.05, 0.1) is 17.2 Å². The van der Waals surface area contributed by atoms with E-state index < -0.39 is 36.0 Å². The number of nitriles is 1. The number of ether oxygens (including phenoxy) is 2. The summed E-state index contributed by atoms with van der Waals surface area (Å²) in [6.07, 6.45) is -3.12. The number of benzene rings is 2. The number of pyridine rings is 1. The van der Waals surface area contributed by atoms with Crippen LogP contribution in [0.4, 0.5) is 17.6 Å². The second kappa shape index (κ2) is 12.6. The molecule has 1 amide bonds. The van der Waals surface area contributed by atoms with Crippen LogP contribution in [0.25, 0.3) is 0 Å². The summed E-state index contributed by atoms with van der Waals surface area (Å²) in [6.45, 7) is 4.05. The van der Waals surface area contributed by atoms with E-state index in [9.17, 15) is 27.6 Å². The lowest BCUT2D eigenvalue weighted by atomic mass is 9.85. The molecular weight excluding hydrogens is 514 g/mol. The number of hydrogen-bond donors (Lipinski definition) is 1. The SMILES string of the molecule is CC(NC(=O)C(C)(C)Oc1cc(C(F)(F)F)ccn1)C(Cc1ccc(OCCF)cc1)c1cccc(C#N)c1. The van der Waals surface area contributed by atoms with Crippen LogP contribution in [-0.2, 0) is 17.4 Å². The monoisotopic (exact) mass is 543 g/mol. The van der Waals surface area contributed by atoms with Gasteiger partial charge < -0.3 is 14.8 Å². The van der Waals surface area contributed by atoms with Gasteiger partial charge in [-0.15, -0.1) is 0 Å². The predicted molar refractivity (Wildman–Crippen MR) is 137 cm³/mol. The van der Waals surface area contributed by atoms with Crippen molar-refractivity contribution in [1.29, 1.82) is 5.26 Å². The van der Waals surface area contributed by atoms with Gasteiger partial charge in [-0.1, -0.05) is 24.3 Å². The molecule has 0 saturated carbocycles. The number of halogens is 4. The molecule has 2 unspecified atom stereocenters. The van der Waals surface area contributed by atoms with Gasteiger partial charge in [-0.2, -0.15) is 18.4 Å². The van der Waals surface area contributed by atoms with E-state index in [4.69, 9.17) is 9.47 Å². The standard InChI is InChI=1S/C29H29F4N3O3/c1-19(36-27(37)28(2,3)39-26-17-23(11-13-35-26)29(31,32)33)25(22-6-4-5-21(15-22)18-34)16-20-7-9-24(10-8-20)38-14-12-30/h4-11,13,15,17,19,25H,12,14,16H2,1-3H3,(H,36,37). The maximum absolute atomic E-state index is 13.2. The summed E-state index contributed by atoms with van der Waals surface area (Å²) in [6, 6.07) is 17.4. The number of aromatic nitrogens is 1. The second-order valence-electron chi connectivity index (χ2n) is 9.48. The third-order valence-corrected chi connectivity index (χ3v) is 6.10. The molecule has 1 heterocycles. The molecule has 1 N–H and O–H groups in total. The van der Waals surface area contributed by atoms with E-state index in [0.29, 0.717) is 17.7 Å². The Hall–Kier alpha value is -4.13. The van der Waals surface area contributed by atoms with Crippen molar-refractivity contribution in [2.24, 2.45) is 0 Å². The first-order valence-corrected chi connectivity index (χ1v) is 12.2. The van der Waals surface area contributed by atoms with E-state index in [2.05, 4.69) is 16.4 Å². The lowest BCUT2D eigenvalue weighted by Gasteiger charge is -2.31. The van der Waals surface area contributed by atoms with Crippen molar-refractivity contribution in [3.8, 4) is 17.7 Å². The average Bonchev–Trinajstić information content (AvgIpc) is 2.90. The minimum Gasteiger partial charge on any atom is -0.491 e. The predicted octanol–water partition coefficient (Wildman–Crippen LogP) is 6.01. The number of hydrogen-bond acceptors (Lipinski definition) is 5. The van der Waals surface area contributed by atoms with Gasteiger partial charge in [0.2, 0.25) is 5.88 Å².